The number of aromatic nitrogens is 2. The van der Waals surface area contributed by atoms with Crippen LogP contribution in [0.1, 0.15) is 26.1 Å². The Kier molecular flexibility index (Phi) is 3.10. The maximum absolute atomic E-state index is 5.97. The fourth-order valence-corrected chi connectivity index (χ4v) is 2.11. The van der Waals surface area contributed by atoms with Crippen molar-refractivity contribution < 1.29 is 0 Å². The molecule has 0 radical (unpaired) electrons. The molecule has 1 saturated heterocycles. The SMILES string of the molecule is CCc1nc(Cl)cc(N2CCC(C)C2)n1. The van der Waals surface area contributed by atoms with Gasteiger partial charge in [-0.2, -0.15) is 0 Å². The van der Waals surface area contributed by atoms with Gasteiger partial charge in [-0.15, -0.1) is 0 Å². The van der Waals surface area contributed by atoms with E-state index >= 15 is 0 Å². The van der Waals surface area contributed by atoms with Crippen LogP contribution in [0.2, 0.25) is 5.15 Å². The molecule has 15 heavy (non-hydrogen) atoms. The van der Waals surface area contributed by atoms with Gasteiger partial charge in [0.15, 0.2) is 0 Å². The van der Waals surface area contributed by atoms with Crippen molar-refractivity contribution in [3.63, 3.8) is 0 Å². The first-order valence-corrected chi connectivity index (χ1v) is 5.85. The zero-order valence-corrected chi connectivity index (χ0v) is 9.96. The summed E-state index contributed by atoms with van der Waals surface area (Å²) < 4.78 is 0. The smallest absolute Gasteiger partial charge is 0.134 e. The summed E-state index contributed by atoms with van der Waals surface area (Å²) in [6.45, 7) is 6.47. The molecule has 1 aromatic rings. The number of rotatable bonds is 2. The van der Waals surface area contributed by atoms with E-state index in [1.807, 2.05) is 13.0 Å². The van der Waals surface area contributed by atoms with Crippen molar-refractivity contribution in [3.8, 4) is 0 Å². The van der Waals surface area contributed by atoms with Crippen LogP contribution in [0.15, 0.2) is 6.07 Å². The Bertz CT molecular complexity index is 354. The summed E-state index contributed by atoms with van der Waals surface area (Å²) in [7, 11) is 0. The molecule has 0 amide bonds. The summed E-state index contributed by atoms with van der Waals surface area (Å²) in [6.07, 6.45) is 2.07. The minimum Gasteiger partial charge on any atom is -0.356 e. The van der Waals surface area contributed by atoms with E-state index in [1.54, 1.807) is 0 Å². The van der Waals surface area contributed by atoms with Crippen LogP contribution in [0.3, 0.4) is 0 Å². The van der Waals surface area contributed by atoms with Gasteiger partial charge in [0.25, 0.3) is 0 Å². The lowest BCUT2D eigenvalue weighted by Gasteiger charge is -2.17. The predicted octanol–water partition coefficient (Wildman–Crippen LogP) is 2.54. The van der Waals surface area contributed by atoms with E-state index in [-0.39, 0.29) is 0 Å². The van der Waals surface area contributed by atoms with Gasteiger partial charge in [-0.05, 0) is 12.3 Å². The molecule has 1 fully saturated rings. The van der Waals surface area contributed by atoms with Crippen molar-refractivity contribution in [3.05, 3.63) is 17.0 Å². The standard InChI is InChI=1S/C11H16ClN3/c1-3-10-13-9(12)6-11(14-10)15-5-4-8(2)7-15/h6,8H,3-5,7H2,1-2H3. The molecule has 4 heteroatoms. The maximum Gasteiger partial charge on any atom is 0.134 e. The van der Waals surface area contributed by atoms with Crippen LogP contribution in [0.5, 0.6) is 0 Å². The van der Waals surface area contributed by atoms with Crippen LogP contribution in [-0.2, 0) is 6.42 Å². The molecule has 1 aromatic heterocycles. The molecule has 1 aliphatic heterocycles. The average Bonchev–Trinajstić information content (AvgIpc) is 2.64. The minimum atomic E-state index is 0.552. The van der Waals surface area contributed by atoms with E-state index in [2.05, 4.69) is 21.8 Å². The molecule has 0 N–H and O–H groups in total. The third-order valence-corrected chi connectivity index (χ3v) is 2.99. The lowest BCUT2D eigenvalue weighted by atomic mass is 10.2. The topological polar surface area (TPSA) is 29.0 Å². The van der Waals surface area contributed by atoms with Crippen molar-refractivity contribution in [1.82, 2.24) is 9.97 Å². The summed E-state index contributed by atoms with van der Waals surface area (Å²) in [4.78, 5) is 11.0. The quantitative estimate of drug-likeness (QED) is 0.725. The molecule has 0 bridgehead atoms. The first-order chi connectivity index (χ1) is 7.19. The third-order valence-electron chi connectivity index (χ3n) is 2.79. The second-order valence-corrected chi connectivity index (χ2v) is 4.55. The lowest BCUT2D eigenvalue weighted by molar-refractivity contribution is 0.658. The van der Waals surface area contributed by atoms with E-state index in [9.17, 15) is 0 Å². The molecule has 1 unspecified atom stereocenters. The van der Waals surface area contributed by atoms with Gasteiger partial charge >= 0.3 is 0 Å². The molecular formula is C11H16ClN3. The van der Waals surface area contributed by atoms with E-state index in [1.165, 1.54) is 6.42 Å². The van der Waals surface area contributed by atoms with E-state index in [0.717, 1.165) is 37.1 Å². The highest BCUT2D eigenvalue weighted by Crippen LogP contribution is 2.23. The van der Waals surface area contributed by atoms with Gasteiger partial charge in [0.05, 0.1) is 0 Å². The van der Waals surface area contributed by atoms with Crippen LogP contribution < -0.4 is 4.90 Å². The number of hydrogen-bond acceptors (Lipinski definition) is 3. The summed E-state index contributed by atoms with van der Waals surface area (Å²) in [5.41, 5.74) is 0. The Morgan fingerprint density at radius 3 is 2.93 bits per heavy atom. The van der Waals surface area contributed by atoms with Crippen molar-refractivity contribution in [2.24, 2.45) is 5.92 Å². The zero-order valence-electron chi connectivity index (χ0n) is 9.20. The molecule has 0 saturated carbocycles. The van der Waals surface area contributed by atoms with Gasteiger partial charge in [-0.3, -0.25) is 0 Å². The van der Waals surface area contributed by atoms with Gasteiger partial charge in [-0.25, -0.2) is 9.97 Å². The summed E-state index contributed by atoms with van der Waals surface area (Å²) in [5.74, 6) is 2.57. The number of anilines is 1. The highest BCUT2D eigenvalue weighted by atomic mass is 35.5. The van der Waals surface area contributed by atoms with Crippen molar-refractivity contribution >= 4 is 17.4 Å². The molecule has 0 aliphatic carbocycles. The van der Waals surface area contributed by atoms with Crippen molar-refractivity contribution in [1.29, 1.82) is 0 Å². The highest BCUT2D eigenvalue weighted by Gasteiger charge is 2.20. The minimum absolute atomic E-state index is 0.552. The van der Waals surface area contributed by atoms with Crippen LogP contribution >= 0.6 is 11.6 Å². The molecule has 82 valence electrons. The number of nitrogens with zero attached hydrogens (tertiary/aromatic N) is 3. The Morgan fingerprint density at radius 2 is 2.33 bits per heavy atom. The molecule has 2 rings (SSSR count). The van der Waals surface area contributed by atoms with E-state index in [0.29, 0.717) is 5.15 Å². The fraction of sp³-hybridized carbons (Fsp3) is 0.636. The monoisotopic (exact) mass is 225 g/mol. The van der Waals surface area contributed by atoms with Gasteiger partial charge < -0.3 is 4.90 Å². The number of halogens is 1. The largest absolute Gasteiger partial charge is 0.356 e. The number of aryl methyl sites for hydroxylation is 1. The Labute approximate surface area is 95.5 Å². The first kappa shape index (κ1) is 10.7. The summed E-state index contributed by atoms with van der Waals surface area (Å²) in [5, 5.41) is 0.552. The molecule has 0 aromatic carbocycles. The van der Waals surface area contributed by atoms with Gasteiger partial charge in [0.2, 0.25) is 0 Å². The molecule has 1 atom stereocenters. The second kappa shape index (κ2) is 4.35. The average molecular weight is 226 g/mol. The molecule has 0 spiro atoms. The predicted molar refractivity (Wildman–Crippen MR) is 62.4 cm³/mol. The maximum atomic E-state index is 5.97. The van der Waals surface area contributed by atoms with Crippen LogP contribution in [0.25, 0.3) is 0 Å². The Balaban J connectivity index is 2.24. The molecule has 2 heterocycles. The van der Waals surface area contributed by atoms with Crippen LogP contribution in [0.4, 0.5) is 5.82 Å². The highest BCUT2D eigenvalue weighted by molar-refractivity contribution is 6.29. The molecule has 1 aliphatic rings. The Hall–Kier alpha value is -0.830. The fourth-order valence-electron chi connectivity index (χ4n) is 1.91. The lowest BCUT2D eigenvalue weighted by Crippen LogP contribution is -2.21. The normalized spacial score (nSPS) is 21.0. The molecular weight excluding hydrogens is 210 g/mol. The van der Waals surface area contributed by atoms with E-state index < -0.39 is 0 Å². The summed E-state index contributed by atoms with van der Waals surface area (Å²) >= 11 is 5.97. The summed E-state index contributed by atoms with van der Waals surface area (Å²) in [6, 6.07) is 1.86. The molecule has 3 nitrogen and oxygen atoms in total. The Morgan fingerprint density at radius 1 is 1.53 bits per heavy atom. The van der Waals surface area contributed by atoms with Gasteiger partial charge in [0, 0.05) is 25.6 Å². The number of hydrogen-bond donors (Lipinski definition) is 0. The first-order valence-electron chi connectivity index (χ1n) is 5.47. The van der Waals surface area contributed by atoms with Crippen LogP contribution in [0, 0.1) is 5.92 Å². The van der Waals surface area contributed by atoms with Gasteiger partial charge in [-0.1, -0.05) is 25.4 Å². The van der Waals surface area contributed by atoms with Crippen molar-refractivity contribution in [2.75, 3.05) is 18.0 Å². The zero-order chi connectivity index (χ0) is 10.8. The second-order valence-electron chi connectivity index (χ2n) is 4.16. The van der Waals surface area contributed by atoms with Crippen molar-refractivity contribution in [2.45, 2.75) is 26.7 Å². The van der Waals surface area contributed by atoms with E-state index in [4.69, 9.17) is 11.6 Å². The van der Waals surface area contributed by atoms with Crippen LogP contribution in [-0.4, -0.2) is 23.1 Å². The van der Waals surface area contributed by atoms with Gasteiger partial charge in [0.1, 0.15) is 16.8 Å². The third kappa shape index (κ3) is 2.40.